The van der Waals surface area contributed by atoms with E-state index < -0.39 is 10.0 Å². The topological polar surface area (TPSA) is 105 Å². The van der Waals surface area contributed by atoms with Gasteiger partial charge >= 0.3 is 0 Å². The minimum absolute atomic E-state index is 0.0715. The number of carbonyl (C=O) groups is 2. The number of nitrogens with zero attached hydrogens (tertiary/aromatic N) is 1. The van der Waals surface area contributed by atoms with Crippen molar-refractivity contribution in [1.82, 2.24) is 14.9 Å². The molecule has 0 atom stereocenters. The van der Waals surface area contributed by atoms with Gasteiger partial charge in [-0.15, -0.1) is 0 Å². The number of carbonyl (C=O) groups excluding carboxylic acids is 2. The first-order valence-corrected chi connectivity index (χ1v) is 10.6. The average molecular weight is 395 g/mol. The van der Waals surface area contributed by atoms with Gasteiger partial charge in [-0.25, -0.2) is 8.42 Å². The summed E-state index contributed by atoms with van der Waals surface area (Å²) in [5, 5.41) is 5.39. The number of amides is 2. The number of nitrogens with one attached hydrogen (secondary N) is 2. The van der Waals surface area contributed by atoms with Crippen molar-refractivity contribution >= 4 is 21.8 Å². The van der Waals surface area contributed by atoms with Crippen molar-refractivity contribution in [3.05, 3.63) is 29.8 Å². The number of benzene rings is 1. The average Bonchev–Trinajstić information content (AvgIpc) is 3.49. The summed E-state index contributed by atoms with van der Waals surface area (Å²) in [6, 6.07) is 5.76. The molecule has 2 N–H and O–H groups in total. The lowest BCUT2D eigenvalue weighted by Crippen LogP contribution is -2.49. The second-order valence-corrected chi connectivity index (χ2v) is 8.78. The van der Waals surface area contributed by atoms with E-state index in [4.69, 9.17) is 4.74 Å². The quantitative estimate of drug-likeness (QED) is 0.587. The Morgan fingerprint density at radius 3 is 2.67 bits per heavy atom. The normalized spacial score (nSPS) is 18.1. The molecular weight excluding hydrogens is 370 g/mol. The van der Waals surface area contributed by atoms with Crippen LogP contribution >= 0.6 is 0 Å². The fraction of sp³-hybridized carbons (Fsp3) is 0.556. The van der Waals surface area contributed by atoms with E-state index in [2.05, 4.69) is 10.6 Å². The molecule has 2 amide bonds. The molecule has 1 aliphatic carbocycles. The number of hydrogen-bond acceptors (Lipinski definition) is 5. The first kappa shape index (κ1) is 19.8. The highest BCUT2D eigenvalue weighted by Gasteiger charge is 2.29. The molecule has 0 unspecified atom stereocenters. The molecule has 1 aromatic carbocycles. The third-order valence-corrected chi connectivity index (χ3v) is 6.42. The monoisotopic (exact) mass is 395 g/mol. The summed E-state index contributed by atoms with van der Waals surface area (Å²) in [6.45, 7) is 2.28. The summed E-state index contributed by atoms with van der Waals surface area (Å²) in [5.41, 5.74) is 0.393. The first-order valence-electron chi connectivity index (χ1n) is 9.19. The molecule has 0 radical (unpaired) electrons. The van der Waals surface area contributed by atoms with E-state index in [9.17, 15) is 18.0 Å². The van der Waals surface area contributed by atoms with Crippen molar-refractivity contribution < 1.29 is 22.7 Å². The second-order valence-electron chi connectivity index (χ2n) is 6.84. The van der Waals surface area contributed by atoms with E-state index >= 15 is 0 Å². The van der Waals surface area contributed by atoms with E-state index in [1.807, 2.05) is 0 Å². The van der Waals surface area contributed by atoms with Crippen LogP contribution in [0.5, 0.6) is 0 Å². The second kappa shape index (κ2) is 8.81. The molecule has 9 heteroatoms. The Morgan fingerprint density at radius 1 is 1.26 bits per heavy atom. The lowest BCUT2D eigenvalue weighted by atomic mass is 10.2. The fourth-order valence-electron chi connectivity index (χ4n) is 2.76. The number of piperazine rings is 1. The number of ether oxygens (including phenoxy) is 1. The zero-order valence-corrected chi connectivity index (χ0v) is 16.0. The Kier molecular flexibility index (Phi) is 6.46. The zero-order valence-electron chi connectivity index (χ0n) is 15.1. The van der Waals surface area contributed by atoms with Gasteiger partial charge in [0.15, 0.2) is 0 Å². The summed E-state index contributed by atoms with van der Waals surface area (Å²) in [4.78, 5) is 23.6. The van der Waals surface area contributed by atoms with Crippen molar-refractivity contribution in [1.29, 1.82) is 0 Å². The SMILES string of the molecule is O=C1CN(S(=O)(=O)c2ccc(C(=O)NCCCOCC3CC3)cc2)CCN1. The lowest BCUT2D eigenvalue weighted by Gasteiger charge is -2.25. The summed E-state index contributed by atoms with van der Waals surface area (Å²) in [5.74, 6) is 0.161. The Morgan fingerprint density at radius 2 is 2.00 bits per heavy atom. The molecule has 0 aromatic heterocycles. The number of rotatable bonds is 9. The summed E-state index contributed by atoms with van der Waals surface area (Å²) >= 11 is 0. The van der Waals surface area contributed by atoms with Gasteiger partial charge in [0.05, 0.1) is 11.4 Å². The third kappa shape index (κ3) is 5.50. The van der Waals surface area contributed by atoms with Crippen LogP contribution < -0.4 is 10.6 Å². The highest BCUT2D eigenvalue weighted by Crippen LogP contribution is 2.28. The highest BCUT2D eigenvalue weighted by atomic mass is 32.2. The molecule has 8 nitrogen and oxygen atoms in total. The zero-order chi connectivity index (χ0) is 19.3. The van der Waals surface area contributed by atoms with Crippen LogP contribution in [0, 0.1) is 5.92 Å². The van der Waals surface area contributed by atoms with Gasteiger partial charge in [0, 0.05) is 38.4 Å². The van der Waals surface area contributed by atoms with E-state index in [-0.39, 0.29) is 29.8 Å². The van der Waals surface area contributed by atoms with Gasteiger partial charge in [0.25, 0.3) is 5.91 Å². The maximum atomic E-state index is 12.6. The van der Waals surface area contributed by atoms with Crippen LogP contribution in [0.15, 0.2) is 29.2 Å². The van der Waals surface area contributed by atoms with Gasteiger partial charge in [-0.1, -0.05) is 0 Å². The molecule has 0 bridgehead atoms. The molecule has 148 valence electrons. The third-order valence-electron chi connectivity index (χ3n) is 4.56. The van der Waals surface area contributed by atoms with Crippen LogP contribution in [0.1, 0.15) is 29.6 Å². The van der Waals surface area contributed by atoms with Crippen molar-refractivity contribution in [3.63, 3.8) is 0 Å². The molecule has 3 rings (SSSR count). The summed E-state index contributed by atoms with van der Waals surface area (Å²) in [7, 11) is -3.74. The van der Waals surface area contributed by atoms with Crippen molar-refractivity contribution in [3.8, 4) is 0 Å². The van der Waals surface area contributed by atoms with E-state index in [0.717, 1.165) is 23.3 Å². The standard InChI is InChI=1S/C18H25N3O5S/c22-17-12-21(10-9-19-17)27(24,25)16-6-4-15(5-7-16)18(23)20-8-1-11-26-13-14-2-3-14/h4-7,14H,1-3,8-13H2,(H,19,22)(H,20,23). The molecule has 27 heavy (non-hydrogen) atoms. The van der Waals surface area contributed by atoms with Gasteiger partial charge in [-0.2, -0.15) is 4.31 Å². The van der Waals surface area contributed by atoms with Gasteiger partial charge in [-0.3, -0.25) is 9.59 Å². The molecule has 1 aliphatic heterocycles. The van der Waals surface area contributed by atoms with Gasteiger partial charge in [0.1, 0.15) is 0 Å². The van der Waals surface area contributed by atoms with Crippen LogP contribution in [0.3, 0.4) is 0 Å². The van der Waals surface area contributed by atoms with Crippen molar-refractivity contribution in [2.75, 3.05) is 39.4 Å². The van der Waals surface area contributed by atoms with Gasteiger partial charge in [-0.05, 0) is 49.4 Å². The summed E-state index contributed by atoms with van der Waals surface area (Å²) in [6.07, 6.45) is 3.25. The molecule has 1 saturated heterocycles. The minimum Gasteiger partial charge on any atom is -0.381 e. The van der Waals surface area contributed by atoms with E-state index in [1.165, 1.54) is 37.1 Å². The Hall–Kier alpha value is -1.97. The van der Waals surface area contributed by atoms with Crippen molar-refractivity contribution in [2.45, 2.75) is 24.2 Å². The largest absolute Gasteiger partial charge is 0.381 e. The highest BCUT2D eigenvalue weighted by molar-refractivity contribution is 7.89. The Balaban J connectivity index is 1.48. The number of sulfonamides is 1. The smallest absolute Gasteiger partial charge is 0.251 e. The molecular formula is C18H25N3O5S. The fourth-order valence-corrected chi connectivity index (χ4v) is 4.16. The minimum atomic E-state index is -3.74. The Bertz CT molecular complexity index is 775. The molecule has 1 saturated carbocycles. The molecule has 2 aliphatic rings. The van der Waals surface area contributed by atoms with Crippen LogP contribution in [-0.4, -0.2) is 63.9 Å². The molecule has 1 heterocycles. The predicted octanol–water partition coefficient (Wildman–Crippen LogP) is 0.354. The van der Waals surface area contributed by atoms with Crippen LogP contribution in [0.25, 0.3) is 0 Å². The van der Waals surface area contributed by atoms with Crippen LogP contribution in [0.4, 0.5) is 0 Å². The predicted molar refractivity (Wildman–Crippen MR) is 98.7 cm³/mol. The van der Waals surface area contributed by atoms with Gasteiger partial charge in [0.2, 0.25) is 15.9 Å². The lowest BCUT2D eigenvalue weighted by molar-refractivity contribution is -0.122. The molecule has 0 spiro atoms. The van der Waals surface area contributed by atoms with E-state index in [0.29, 0.717) is 25.3 Å². The maximum absolute atomic E-state index is 12.6. The molecule has 2 fully saturated rings. The Labute approximate surface area is 159 Å². The summed E-state index contributed by atoms with van der Waals surface area (Å²) < 4.78 is 31.8. The number of hydrogen-bond donors (Lipinski definition) is 2. The van der Waals surface area contributed by atoms with E-state index in [1.54, 1.807) is 0 Å². The van der Waals surface area contributed by atoms with Crippen LogP contribution in [0.2, 0.25) is 0 Å². The van der Waals surface area contributed by atoms with Gasteiger partial charge < -0.3 is 15.4 Å². The van der Waals surface area contributed by atoms with Crippen LogP contribution in [-0.2, 0) is 19.6 Å². The maximum Gasteiger partial charge on any atom is 0.251 e. The first-order chi connectivity index (χ1) is 13.0. The molecule has 1 aromatic rings. The van der Waals surface area contributed by atoms with Crippen molar-refractivity contribution in [2.24, 2.45) is 5.92 Å².